The van der Waals surface area contributed by atoms with Gasteiger partial charge in [0, 0.05) is 0 Å². The van der Waals surface area contributed by atoms with Gasteiger partial charge in [-0.25, -0.2) is 0 Å². The Balaban J connectivity index is 1.32. The summed E-state index contributed by atoms with van der Waals surface area (Å²) in [5.41, 5.74) is 11.0. The van der Waals surface area contributed by atoms with Crippen molar-refractivity contribution in [1.82, 2.24) is 0 Å². The van der Waals surface area contributed by atoms with Gasteiger partial charge in [0.1, 0.15) is 24.7 Å². The molecule has 4 nitrogen and oxygen atoms in total. The maximum Gasteiger partial charge on any atom is 0.119 e. The van der Waals surface area contributed by atoms with Gasteiger partial charge in [0.15, 0.2) is 0 Å². The fourth-order valence-corrected chi connectivity index (χ4v) is 10.2. The van der Waals surface area contributed by atoms with Crippen LogP contribution in [0, 0.1) is 0 Å². The number of hydrogen-bond acceptors (Lipinski definition) is 4. The van der Waals surface area contributed by atoms with Crippen LogP contribution in [0.3, 0.4) is 0 Å². The summed E-state index contributed by atoms with van der Waals surface area (Å²) in [7, 11) is 0. The minimum atomic E-state index is -0.775. The number of aliphatic hydroxyl groups excluding tert-OH is 2. The van der Waals surface area contributed by atoms with E-state index in [1.807, 2.05) is 24.3 Å². The molecule has 0 fully saturated rings. The fraction of sp³-hybridized carbons (Fsp3) is 0.0877. The highest BCUT2D eigenvalue weighted by atomic mass is 16.5. The van der Waals surface area contributed by atoms with Crippen LogP contribution in [-0.4, -0.2) is 36.6 Å². The molecule has 0 unspecified atom stereocenters. The van der Waals surface area contributed by atoms with Crippen LogP contribution < -0.4 is 9.47 Å². The number of benzene rings is 10. The number of aliphatic hydroxyl groups is 2. The minimum Gasteiger partial charge on any atom is -0.491 e. The lowest BCUT2D eigenvalue weighted by atomic mass is 9.67. The van der Waals surface area contributed by atoms with Gasteiger partial charge >= 0.3 is 0 Å². The van der Waals surface area contributed by atoms with Crippen molar-refractivity contribution in [3.05, 3.63) is 216 Å². The van der Waals surface area contributed by atoms with Crippen molar-refractivity contribution in [2.24, 2.45) is 0 Å². The van der Waals surface area contributed by atoms with Crippen LogP contribution in [0.5, 0.6) is 11.5 Å². The molecule has 0 heterocycles. The molecule has 0 spiro atoms. The summed E-state index contributed by atoms with van der Waals surface area (Å²) in [6, 6.07) is 70.2. The van der Waals surface area contributed by atoms with E-state index in [1.54, 1.807) is 0 Å². The highest BCUT2D eigenvalue weighted by Gasteiger charge is 2.48. The zero-order valence-corrected chi connectivity index (χ0v) is 33.5. The number of hydrogen-bond donors (Lipinski definition) is 2. The third kappa shape index (κ3) is 5.83. The Morgan fingerprint density at radius 3 is 1.03 bits per heavy atom. The first-order valence-electron chi connectivity index (χ1n) is 21.0. The van der Waals surface area contributed by atoms with Crippen LogP contribution in [0.15, 0.2) is 194 Å². The Kier molecular flexibility index (Phi) is 9.11. The largest absolute Gasteiger partial charge is 0.491 e. The SMILES string of the molecule is OCCOc1ccc(C2(c3ccc(OCCO)cc3)c3cccc(-c4c5ccccc5cc5ccccc45)c3-c3c(-c4c5ccccc5cc5ccccc45)cccc32)cc1. The topological polar surface area (TPSA) is 58.9 Å². The molecule has 1 aliphatic rings. The molecule has 10 aromatic carbocycles. The van der Waals surface area contributed by atoms with Gasteiger partial charge in [0.25, 0.3) is 0 Å². The van der Waals surface area contributed by atoms with Crippen LogP contribution in [0.25, 0.3) is 76.5 Å². The summed E-state index contributed by atoms with van der Waals surface area (Å²) >= 11 is 0. The number of rotatable bonds is 10. The van der Waals surface area contributed by atoms with Crippen LogP contribution in [0.4, 0.5) is 0 Å². The highest BCUT2D eigenvalue weighted by Crippen LogP contribution is 2.62. The standard InChI is InChI=1S/C57H42O4/c58-31-33-60-43-27-23-41(24-28-43)57(42-25-29-44(30-26-42)61-34-32-59)51-21-9-19-49(53-45-15-5-1-11-37(45)35-38-12-2-6-16-46(38)53)55(51)56-50(20-10-22-52(56)57)54-47-17-7-3-13-39(47)36-40-14-4-8-18-48(40)54/h1-30,35-36,58-59H,31-34H2. The Hall–Kier alpha value is -7.24. The summed E-state index contributed by atoms with van der Waals surface area (Å²) in [5.74, 6) is 1.40. The summed E-state index contributed by atoms with van der Waals surface area (Å²) < 4.78 is 11.9. The molecular weight excluding hydrogens is 749 g/mol. The molecule has 0 atom stereocenters. The summed E-state index contributed by atoms with van der Waals surface area (Å²) in [5, 5.41) is 28.8. The van der Waals surface area contributed by atoms with Gasteiger partial charge in [-0.3, -0.25) is 0 Å². The molecule has 1 aliphatic carbocycles. The average Bonchev–Trinajstić information content (AvgIpc) is 3.63. The van der Waals surface area contributed by atoms with Gasteiger partial charge in [-0.05, 0) is 135 Å². The second-order valence-corrected chi connectivity index (χ2v) is 15.8. The quantitative estimate of drug-likeness (QED) is 0.135. The third-order valence-electron chi connectivity index (χ3n) is 12.6. The van der Waals surface area contributed by atoms with Crippen molar-refractivity contribution >= 4 is 43.1 Å². The lowest BCUT2D eigenvalue weighted by molar-refractivity contribution is 0.201. The van der Waals surface area contributed by atoms with E-state index in [0.29, 0.717) is 11.5 Å². The molecule has 294 valence electrons. The van der Waals surface area contributed by atoms with Crippen molar-refractivity contribution in [1.29, 1.82) is 0 Å². The van der Waals surface area contributed by atoms with Gasteiger partial charge < -0.3 is 19.7 Å². The van der Waals surface area contributed by atoms with Gasteiger partial charge in [-0.15, -0.1) is 0 Å². The van der Waals surface area contributed by atoms with E-state index in [0.717, 1.165) is 11.1 Å². The molecule has 61 heavy (non-hydrogen) atoms. The molecule has 0 bridgehead atoms. The molecule has 11 rings (SSSR count). The van der Waals surface area contributed by atoms with Gasteiger partial charge in [-0.2, -0.15) is 0 Å². The summed E-state index contributed by atoms with van der Waals surface area (Å²) in [6.07, 6.45) is 0. The van der Waals surface area contributed by atoms with Crippen molar-refractivity contribution in [3.8, 4) is 44.9 Å². The zero-order chi connectivity index (χ0) is 40.9. The summed E-state index contributed by atoms with van der Waals surface area (Å²) in [6.45, 7) is 0.315. The van der Waals surface area contributed by atoms with Crippen LogP contribution in [-0.2, 0) is 5.41 Å². The summed E-state index contributed by atoms with van der Waals surface area (Å²) in [4.78, 5) is 0. The van der Waals surface area contributed by atoms with E-state index in [1.165, 1.54) is 87.6 Å². The molecule has 0 radical (unpaired) electrons. The monoisotopic (exact) mass is 790 g/mol. The lowest BCUT2D eigenvalue weighted by Gasteiger charge is -2.34. The molecular formula is C57H42O4. The Morgan fingerprint density at radius 2 is 0.689 bits per heavy atom. The van der Waals surface area contributed by atoms with E-state index >= 15 is 0 Å². The normalized spacial score (nSPS) is 12.8. The van der Waals surface area contributed by atoms with Gasteiger partial charge in [-0.1, -0.05) is 158 Å². The Bertz CT molecular complexity index is 2950. The highest BCUT2D eigenvalue weighted by molar-refractivity contribution is 6.19. The third-order valence-corrected chi connectivity index (χ3v) is 12.6. The molecule has 0 aliphatic heterocycles. The van der Waals surface area contributed by atoms with Crippen molar-refractivity contribution in [3.63, 3.8) is 0 Å². The maximum absolute atomic E-state index is 9.59. The predicted molar refractivity (Wildman–Crippen MR) is 250 cm³/mol. The first-order valence-corrected chi connectivity index (χ1v) is 21.0. The van der Waals surface area contributed by atoms with Crippen molar-refractivity contribution in [2.75, 3.05) is 26.4 Å². The minimum absolute atomic E-state index is 0.0611. The molecule has 4 heteroatoms. The Morgan fingerprint density at radius 1 is 0.344 bits per heavy atom. The maximum atomic E-state index is 9.59. The van der Waals surface area contributed by atoms with Crippen LogP contribution >= 0.6 is 0 Å². The average molecular weight is 791 g/mol. The van der Waals surface area contributed by atoms with Gasteiger partial charge in [0.2, 0.25) is 0 Å². The smallest absolute Gasteiger partial charge is 0.119 e. The van der Waals surface area contributed by atoms with E-state index in [9.17, 15) is 10.2 Å². The fourth-order valence-electron chi connectivity index (χ4n) is 10.2. The first-order chi connectivity index (χ1) is 30.2. The first kappa shape index (κ1) is 36.8. The Labute approximate surface area is 354 Å². The van der Waals surface area contributed by atoms with E-state index in [-0.39, 0.29) is 26.4 Å². The van der Waals surface area contributed by atoms with E-state index in [4.69, 9.17) is 9.47 Å². The molecule has 0 aromatic heterocycles. The molecule has 0 saturated heterocycles. The lowest BCUT2D eigenvalue weighted by Crippen LogP contribution is -2.28. The van der Waals surface area contributed by atoms with Gasteiger partial charge in [0.05, 0.1) is 18.6 Å². The van der Waals surface area contributed by atoms with E-state index < -0.39 is 5.41 Å². The van der Waals surface area contributed by atoms with Crippen LogP contribution in [0.2, 0.25) is 0 Å². The molecule has 0 amide bonds. The van der Waals surface area contributed by atoms with Crippen molar-refractivity contribution < 1.29 is 19.7 Å². The molecule has 2 N–H and O–H groups in total. The molecule has 10 aromatic rings. The second kappa shape index (κ2) is 15.1. The second-order valence-electron chi connectivity index (χ2n) is 15.8. The van der Waals surface area contributed by atoms with Crippen LogP contribution in [0.1, 0.15) is 22.3 Å². The number of ether oxygens (including phenoxy) is 2. The van der Waals surface area contributed by atoms with Crippen molar-refractivity contribution in [2.45, 2.75) is 5.41 Å². The molecule has 0 saturated carbocycles. The predicted octanol–water partition coefficient (Wildman–Crippen LogP) is 12.7. The zero-order valence-electron chi connectivity index (χ0n) is 33.5. The van der Waals surface area contributed by atoms with E-state index in [2.05, 4.69) is 170 Å². The number of fused-ring (bicyclic) bond motifs is 7.